The van der Waals surface area contributed by atoms with Gasteiger partial charge in [0.15, 0.2) is 0 Å². The van der Waals surface area contributed by atoms with Crippen molar-refractivity contribution in [3.8, 4) is 0 Å². The summed E-state index contributed by atoms with van der Waals surface area (Å²) in [5.74, 6) is 0.845. The number of hydrogen-bond acceptors (Lipinski definition) is 2. The van der Waals surface area contributed by atoms with Crippen molar-refractivity contribution in [1.29, 1.82) is 0 Å². The van der Waals surface area contributed by atoms with E-state index in [0.29, 0.717) is 6.04 Å². The van der Waals surface area contributed by atoms with Crippen LogP contribution in [0.4, 0.5) is 0 Å². The van der Waals surface area contributed by atoms with Crippen molar-refractivity contribution in [2.45, 2.75) is 78.3 Å². The fourth-order valence-electron chi connectivity index (χ4n) is 3.64. The third-order valence-electron chi connectivity index (χ3n) is 4.65. The largest absolute Gasteiger partial charge is 0.314 e. The summed E-state index contributed by atoms with van der Waals surface area (Å²) >= 11 is 0. The number of likely N-dealkylation sites (N-methyl/N-ethyl adjacent to an activating group) is 1. The van der Waals surface area contributed by atoms with Gasteiger partial charge in [0.1, 0.15) is 0 Å². The number of hydrogen-bond donors (Lipinski definition) is 1. The summed E-state index contributed by atoms with van der Waals surface area (Å²) in [5, 5.41) is 8.34. The number of nitrogens with one attached hydrogen (secondary N) is 1. The molecule has 1 atom stereocenters. The lowest BCUT2D eigenvalue weighted by atomic mass is 9.89. The molecule has 2 rings (SSSR count). The molecule has 1 heterocycles. The number of rotatable bonds is 6. The van der Waals surface area contributed by atoms with Crippen molar-refractivity contribution in [3.05, 3.63) is 17.5 Å². The van der Waals surface area contributed by atoms with Gasteiger partial charge < -0.3 is 5.32 Å². The summed E-state index contributed by atoms with van der Waals surface area (Å²) in [6.45, 7) is 8.56. The molecule has 20 heavy (non-hydrogen) atoms. The zero-order valence-corrected chi connectivity index (χ0v) is 13.5. The first-order chi connectivity index (χ1) is 9.74. The molecule has 3 heteroatoms. The maximum absolute atomic E-state index is 4.59. The molecule has 0 saturated heterocycles. The van der Waals surface area contributed by atoms with Gasteiger partial charge in [0, 0.05) is 24.7 Å². The molecule has 1 aromatic heterocycles. The van der Waals surface area contributed by atoms with E-state index < -0.39 is 0 Å². The Morgan fingerprint density at radius 2 is 1.95 bits per heavy atom. The maximum atomic E-state index is 4.59. The molecule has 0 radical (unpaired) electrons. The molecule has 1 N–H and O–H groups in total. The number of nitrogens with zero attached hydrogens (tertiary/aromatic N) is 2. The SMILES string of the molecule is CCNC(Cc1cc(C)nn1CC)C1CCCCCC1. The summed E-state index contributed by atoms with van der Waals surface area (Å²) in [4.78, 5) is 0. The normalized spacial score (nSPS) is 18.9. The second-order valence-electron chi connectivity index (χ2n) is 6.21. The molecular weight excluding hydrogens is 246 g/mol. The highest BCUT2D eigenvalue weighted by Crippen LogP contribution is 2.27. The molecule has 1 unspecified atom stereocenters. The Hall–Kier alpha value is -0.830. The highest BCUT2D eigenvalue weighted by Gasteiger charge is 2.23. The van der Waals surface area contributed by atoms with E-state index in [2.05, 4.69) is 41.9 Å². The Balaban J connectivity index is 2.07. The molecule has 1 fully saturated rings. The van der Waals surface area contributed by atoms with Crippen LogP contribution in [0.5, 0.6) is 0 Å². The minimum atomic E-state index is 0.625. The zero-order chi connectivity index (χ0) is 14.4. The average molecular weight is 277 g/mol. The fourth-order valence-corrected chi connectivity index (χ4v) is 3.64. The Morgan fingerprint density at radius 1 is 1.25 bits per heavy atom. The van der Waals surface area contributed by atoms with E-state index in [1.165, 1.54) is 44.2 Å². The van der Waals surface area contributed by atoms with Crippen LogP contribution in [0, 0.1) is 12.8 Å². The van der Waals surface area contributed by atoms with Crippen LogP contribution in [0.3, 0.4) is 0 Å². The van der Waals surface area contributed by atoms with E-state index in [1.807, 2.05) is 0 Å². The molecule has 1 aromatic rings. The Bertz CT molecular complexity index is 389. The van der Waals surface area contributed by atoms with Gasteiger partial charge in [-0.1, -0.05) is 32.6 Å². The third kappa shape index (κ3) is 4.08. The van der Waals surface area contributed by atoms with Gasteiger partial charge in [-0.2, -0.15) is 5.10 Å². The Morgan fingerprint density at radius 3 is 2.55 bits per heavy atom. The summed E-state index contributed by atoms with van der Waals surface area (Å²) in [7, 11) is 0. The Kier molecular flexibility index (Phi) is 6.08. The number of aryl methyl sites for hydroxylation is 2. The van der Waals surface area contributed by atoms with E-state index in [4.69, 9.17) is 0 Å². The predicted octanol–water partition coefficient (Wildman–Crippen LogP) is 3.70. The first-order valence-electron chi connectivity index (χ1n) is 8.51. The van der Waals surface area contributed by atoms with Gasteiger partial charge in [-0.3, -0.25) is 4.68 Å². The quantitative estimate of drug-likeness (QED) is 0.803. The van der Waals surface area contributed by atoms with Crippen molar-refractivity contribution in [3.63, 3.8) is 0 Å². The highest BCUT2D eigenvalue weighted by molar-refractivity contribution is 5.11. The predicted molar refractivity (Wildman–Crippen MR) is 85.0 cm³/mol. The lowest BCUT2D eigenvalue weighted by molar-refractivity contribution is 0.316. The van der Waals surface area contributed by atoms with Crippen molar-refractivity contribution in [2.24, 2.45) is 5.92 Å². The molecule has 0 aromatic carbocycles. The van der Waals surface area contributed by atoms with Gasteiger partial charge in [-0.05, 0) is 45.2 Å². The summed E-state index contributed by atoms with van der Waals surface area (Å²) in [5.41, 5.74) is 2.55. The van der Waals surface area contributed by atoms with Crippen LogP contribution in [0.1, 0.15) is 63.8 Å². The fraction of sp³-hybridized carbons (Fsp3) is 0.824. The van der Waals surface area contributed by atoms with Crippen molar-refractivity contribution in [1.82, 2.24) is 15.1 Å². The topological polar surface area (TPSA) is 29.9 Å². The Labute approximate surface area is 124 Å². The summed E-state index contributed by atoms with van der Waals surface area (Å²) < 4.78 is 2.18. The zero-order valence-electron chi connectivity index (χ0n) is 13.5. The second kappa shape index (κ2) is 7.82. The highest BCUT2D eigenvalue weighted by atomic mass is 15.3. The van der Waals surface area contributed by atoms with Crippen LogP contribution in [0.15, 0.2) is 6.07 Å². The monoisotopic (exact) mass is 277 g/mol. The van der Waals surface area contributed by atoms with Gasteiger partial charge in [-0.15, -0.1) is 0 Å². The van der Waals surface area contributed by atoms with Crippen LogP contribution in [0.25, 0.3) is 0 Å². The van der Waals surface area contributed by atoms with E-state index >= 15 is 0 Å². The molecule has 3 nitrogen and oxygen atoms in total. The molecule has 0 amide bonds. The maximum Gasteiger partial charge on any atom is 0.0596 e. The smallest absolute Gasteiger partial charge is 0.0596 e. The van der Waals surface area contributed by atoms with E-state index in [9.17, 15) is 0 Å². The molecule has 0 bridgehead atoms. The van der Waals surface area contributed by atoms with Gasteiger partial charge >= 0.3 is 0 Å². The van der Waals surface area contributed by atoms with Crippen molar-refractivity contribution < 1.29 is 0 Å². The summed E-state index contributed by atoms with van der Waals surface area (Å²) in [6.07, 6.45) is 9.63. The van der Waals surface area contributed by atoms with Crippen LogP contribution in [0.2, 0.25) is 0 Å². The molecule has 0 spiro atoms. The lowest BCUT2D eigenvalue weighted by Crippen LogP contribution is -2.38. The van der Waals surface area contributed by atoms with Crippen molar-refractivity contribution in [2.75, 3.05) is 6.54 Å². The molecule has 1 saturated carbocycles. The van der Waals surface area contributed by atoms with E-state index in [0.717, 1.165) is 31.1 Å². The minimum absolute atomic E-state index is 0.625. The molecule has 1 aliphatic carbocycles. The molecular formula is C17H31N3. The van der Waals surface area contributed by atoms with Crippen molar-refractivity contribution >= 4 is 0 Å². The average Bonchev–Trinajstić information content (AvgIpc) is 2.66. The van der Waals surface area contributed by atoms with Gasteiger partial charge in [0.25, 0.3) is 0 Å². The summed E-state index contributed by atoms with van der Waals surface area (Å²) in [6, 6.07) is 2.89. The lowest BCUT2D eigenvalue weighted by Gasteiger charge is -2.27. The number of aromatic nitrogens is 2. The van der Waals surface area contributed by atoms with Crippen LogP contribution in [-0.4, -0.2) is 22.4 Å². The first kappa shape index (κ1) is 15.6. The van der Waals surface area contributed by atoms with Crippen LogP contribution >= 0.6 is 0 Å². The standard InChI is InChI=1S/C17H31N3/c1-4-18-17(15-10-8-6-7-9-11-15)13-16-12-14(3)19-20(16)5-2/h12,15,17-18H,4-11,13H2,1-3H3. The molecule has 1 aliphatic rings. The minimum Gasteiger partial charge on any atom is -0.314 e. The third-order valence-corrected chi connectivity index (χ3v) is 4.65. The first-order valence-corrected chi connectivity index (χ1v) is 8.51. The van der Waals surface area contributed by atoms with E-state index in [-0.39, 0.29) is 0 Å². The van der Waals surface area contributed by atoms with Gasteiger partial charge in [0.05, 0.1) is 5.69 Å². The molecule has 0 aliphatic heterocycles. The second-order valence-corrected chi connectivity index (χ2v) is 6.21. The van der Waals surface area contributed by atoms with Gasteiger partial charge in [-0.25, -0.2) is 0 Å². The molecule has 114 valence electrons. The van der Waals surface area contributed by atoms with E-state index in [1.54, 1.807) is 0 Å². The van der Waals surface area contributed by atoms with Gasteiger partial charge in [0.2, 0.25) is 0 Å². The van der Waals surface area contributed by atoms with Crippen LogP contribution < -0.4 is 5.32 Å². The van der Waals surface area contributed by atoms with Crippen LogP contribution in [-0.2, 0) is 13.0 Å².